The van der Waals surface area contributed by atoms with Crippen LogP contribution in [0.25, 0.3) is 0 Å². The van der Waals surface area contributed by atoms with Crippen molar-refractivity contribution in [3.05, 3.63) is 16.1 Å². The molecule has 0 N–H and O–H groups in total. The standard InChI is InChI=1S/C13H20BrN3/c1-2-16-8-6-10(9-16)13-15-12(14)11-5-3-4-7-17(11)13/h10H,2-9H2,1H3. The second-order valence-electron chi connectivity index (χ2n) is 5.20. The van der Waals surface area contributed by atoms with Crippen LogP contribution in [0.15, 0.2) is 4.60 Å². The molecule has 0 amide bonds. The van der Waals surface area contributed by atoms with Crippen LogP contribution in [0, 0.1) is 0 Å². The topological polar surface area (TPSA) is 21.1 Å². The zero-order valence-corrected chi connectivity index (χ0v) is 12.0. The van der Waals surface area contributed by atoms with Crippen LogP contribution in [0.4, 0.5) is 0 Å². The molecule has 1 fully saturated rings. The van der Waals surface area contributed by atoms with Crippen molar-refractivity contribution in [2.24, 2.45) is 0 Å². The summed E-state index contributed by atoms with van der Waals surface area (Å²) in [6.45, 7) is 7.02. The van der Waals surface area contributed by atoms with Gasteiger partial charge in [0.1, 0.15) is 10.4 Å². The molecule has 1 aromatic heterocycles. The normalized spacial score (nSPS) is 25.2. The van der Waals surface area contributed by atoms with Crippen molar-refractivity contribution in [1.82, 2.24) is 14.5 Å². The van der Waals surface area contributed by atoms with Crippen LogP contribution in [0.3, 0.4) is 0 Å². The molecule has 0 spiro atoms. The summed E-state index contributed by atoms with van der Waals surface area (Å²) in [5.74, 6) is 1.99. The summed E-state index contributed by atoms with van der Waals surface area (Å²) >= 11 is 3.64. The highest BCUT2D eigenvalue weighted by atomic mass is 79.9. The van der Waals surface area contributed by atoms with Crippen LogP contribution in [0.5, 0.6) is 0 Å². The van der Waals surface area contributed by atoms with Gasteiger partial charge in [0.15, 0.2) is 0 Å². The first-order chi connectivity index (χ1) is 8.29. The Bertz CT molecular complexity index is 413. The van der Waals surface area contributed by atoms with E-state index in [9.17, 15) is 0 Å². The second-order valence-corrected chi connectivity index (χ2v) is 5.95. The monoisotopic (exact) mass is 297 g/mol. The molecule has 0 bridgehead atoms. The third-order valence-corrected chi connectivity index (χ3v) is 4.82. The van der Waals surface area contributed by atoms with Crippen molar-refractivity contribution in [2.45, 2.75) is 45.1 Å². The fraction of sp³-hybridized carbons (Fsp3) is 0.769. The average Bonchev–Trinajstić information content (AvgIpc) is 2.95. The van der Waals surface area contributed by atoms with Crippen molar-refractivity contribution in [3.8, 4) is 0 Å². The van der Waals surface area contributed by atoms with E-state index in [-0.39, 0.29) is 0 Å². The quantitative estimate of drug-likeness (QED) is 0.837. The number of rotatable bonds is 2. The second kappa shape index (κ2) is 4.73. The highest BCUT2D eigenvalue weighted by Crippen LogP contribution is 2.32. The number of likely N-dealkylation sites (tertiary alicyclic amines) is 1. The molecule has 1 unspecified atom stereocenters. The summed E-state index contributed by atoms with van der Waals surface area (Å²) in [4.78, 5) is 7.33. The van der Waals surface area contributed by atoms with Gasteiger partial charge in [0, 0.05) is 19.0 Å². The predicted octanol–water partition coefficient (Wildman–Crippen LogP) is 2.79. The van der Waals surface area contributed by atoms with Crippen LogP contribution in [0.1, 0.15) is 43.6 Å². The maximum absolute atomic E-state index is 4.80. The van der Waals surface area contributed by atoms with E-state index >= 15 is 0 Å². The van der Waals surface area contributed by atoms with Crippen molar-refractivity contribution in [1.29, 1.82) is 0 Å². The molecule has 0 aromatic carbocycles. The average molecular weight is 298 g/mol. The Hall–Kier alpha value is -0.350. The minimum Gasteiger partial charge on any atom is -0.331 e. The Morgan fingerprint density at radius 2 is 2.24 bits per heavy atom. The molecule has 0 radical (unpaired) electrons. The summed E-state index contributed by atoms with van der Waals surface area (Å²) in [6.07, 6.45) is 5.09. The number of aromatic nitrogens is 2. The number of nitrogens with zero attached hydrogens (tertiary/aromatic N) is 3. The largest absolute Gasteiger partial charge is 0.331 e. The first kappa shape index (κ1) is 11.7. The molecular formula is C13H20BrN3. The smallest absolute Gasteiger partial charge is 0.127 e. The molecule has 3 heterocycles. The molecule has 94 valence electrons. The Labute approximate surface area is 111 Å². The third kappa shape index (κ3) is 2.06. The Balaban J connectivity index is 1.88. The van der Waals surface area contributed by atoms with E-state index in [1.807, 2.05) is 0 Å². The van der Waals surface area contributed by atoms with Gasteiger partial charge in [-0.3, -0.25) is 0 Å². The number of hydrogen-bond donors (Lipinski definition) is 0. The zero-order valence-electron chi connectivity index (χ0n) is 10.5. The first-order valence-corrected chi connectivity index (χ1v) is 7.56. The fourth-order valence-electron chi connectivity index (χ4n) is 3.17. The van der Waals surface area contributed by atoms with Gasteiger partial charge in [0.2, 0.25) is 0 Å². The van der Waals surface area contributed by atoms with Crippen LogP contribution in [0.2, 0.25) is 0 Å². The molecule has 3 nitrogen and oxygen atoms in total. The van der Waals surface area contributed by atoms with Crippen molar-refractivity contribution in [2.75, 3.05) is 19.6 Å². The van der Waals surface area contributed by atoms with Gasteiger partial charge in [0.25, 0.3) is 0 Å². The molecular weight excluding hydrogens is 278 g/mol. The minimum atomic E-state index is 0.651. The lowest BCUT2D eigenvalue weighted by Gasteiger charge is -2.19. The Kier molecular flexibility index (Phi) is 3.26. The molecule has 1 saturated heterocycles. The van der Waals surface area contributed by atoms with E-state index in [1.165, 1.54) is 63.4 Å². The van der Waals surface area contributed by atoms with Crippen LogP contribution < -0.4 is 0 Å². The van der Waals surface area contributed by atoms with E-state index in [0.29, 0.717) is 5.92 Å². The molecule has 0 saturated carbocycles. The molecule has 1 aromatic rings. The number of fused-ring (bicyclic) bond motifs is 1. The van der Waals surface area contributed by atoms with Gasteiger partial charge in [-0.1, -0.05) is 6.92 Å². The summed E-state index contributed by atoms with van der Waals surface area (Å²) in [5, 5.41) is 0. The maximum atomic E-state index is 4.80. The van der Waals surface area contributed by atoms with Gasteiger partial charge in [0.05, 0.1) is 5.69 Å². The fourth-order valence-corrected chi connectivity index (χ4v) is 3.76. The lowest BCUT2D eigenvalue weighted by Crippen LogP contribution is -2.21. The summed E-state index contributed by atoms with van der Waals surface area (Å²) < 4.78 is 3.58. The number of hydrogen-bond acceptors (Lipinski definition) is 2. The molecule has 1 atom stereocenters. The van der Waals surface area contributed by atoms with E-state index in [2.05, 4.69) is 32.3 Å². The zero-order chi connectivity index (χ0) is 11.8. The number of likely N-dealkylation sites (N-methyl/N-ethyl adjacent to an activating group) is 1. The molecule has 2 aliphatic heterocycles. The van der Waals surface area contributed by atoms with E-state index < -0.39 is 0 Å². The number of imidazole rings is 1. The molecule has 17 heavy (non-hydrogen) atoms. The SMILES string of the molecule is CCN1CCC(c2nc(Br)c3n2CCCC3)C1. The first-order valence-electron chi connectivity index (χ1n) is 6.76. The highest BCUT2D eigenvalue weighted by molar-refractivity contribution is 9.10. The third-order valence-electron chi connectivity index (χ3n) is 4.18. The van der Waals surface area contributed by atoms with Crippen molar-refractivity contribution in [3.63, 3.8) is 0 Å². The Morgan fingerprint density at radius 3 is 3.00 bits per heavy atom. The van der Waals surface area contributed by atoms with Gasteiger partial charge < -0.3 is 9.47 Å². The lowest BCUT2D eigenvalue weighted by atomic mass is 10.1. The molecule has 0 aliphatic carbocycles. The summed E-state index contributed by atoms with van der Waals surface area (Å²) in [7, 11) is 0. The van der Waals surface area contributed by atoms with Crippen LogP contribution >= 0.6 is 15.9 Å². The van der Waals surface area contributed by atoms with Gasteiger partial charge in [-0.25, -0.2) is 4.98 Å². The maximum Gasteiger partial charge on any atom is 0.127 e. The number of halogens is 1. The molecule has 4 heteroatoms. The van der Waals surface area contributed by atoms with E-state index in [1.54, 1.807) is 0 Å². The Morgan fingerprint density at radius 1 is 1.35 bits per heavy atom. The summed E-state index contributed by atoms with van der Waals surface area (Å²) in [5.41, 5.74) is 1.43. The van der Waals surface area contributed by atoms with E-state index in [4.69, 9.17) is 4.98 Å². The lowest BCUT2D eigenvalue weighted by molar-refractivity contribution is 0.350. The minimum absolute atomic E-state index is 0.651. The molecule has 3 rings (SSSR count). The highest BCUT2D eigenvalue weighted by Gasteiger charge is 2.29. The van der Waals surface area contributed by atoms with Crippen LogP contribution in [-0.4, -0.2) is 34.1 Å². The van der Waals surface area contributed by atoms with Gasteiger partial charge >= 0.3 is 0 Å². The van der Waals surface area contributed by atoms with Gasteiger partial charge in [-0.05, 0) is 54.7 Å². The van der Waals surface area contributed by atoms with Gasteiger partial charge in [-0.15, -0.1) is 0 Å². The van der Waals surface area contributed by atoms with Crippen molar-refractivity contribution < 1.29 is 0 Å². The van der Waals surface area contributed by atoms with Crippen LogP contribution in [-0.2, 0) is 13.0 Å². The van der Waals surface area contributed by atoms with E-state index in [0.717, 1.165) is 4.60 Å². The van der Waals surface area contributed by atoms with Gasteiger partial charge in [-0.2, -0.15) is 0 Å². The summed E-state index contributed by atoms with van der Waals surface area (Å²) in [6, 6.07) is 0. The molecule has 2 aliphatic rings. The predicted molar refractivity (Wildman–Crippen MR) is 72.3 cm³/mol. The van der Waals surface area contributed by atoms with Crippen molar-refractivity contribution >= 4 is 15.9 Å².